The van der Waals surface area contributed by atoms with Gasteiger partial charge in [0.1, 0.15) is 5.75 Å². The van der Waals surface area contributed by atoms with Gasteiger partial charge >= 0.3 is 0 Å². The van der Waals surface area contributed by atoms with Crippen molar-refractivity contribution in [1.29, 1.82) is 0 Å². The van der Waals surface area contributed by atoms with E-state index in [1.165, 1.54) is 12.8 Å². The molecule has 0 atom stereocenters. The van der Waals surface area contributed by atoms with Gasteiger partial charge in [0.2, 0.25) is 0 Å². The molecule has 2 rings (SSSR count). The molecule has 1 aliphatic heterocycles. The van der Waals surface area contributed by atoms with Gasteiger partial charge in [-0.05, 0) is 44.1 Å². The van der Waals surface area contributed by atoms with E-state index in [4.69, 9.17) is 9.57 Å². The minimum Gasteiger partial charge on any atom is -0.497 e. The van der Waals surface area contributed by atoms with Gasteiger partial charge < -0.3 is 9.64 Å². The standard InChI is InChI=1S/C14H20N2O3/c1-18-13-6-4-5-12(11-13)14(17)15-19-10-9-16-7-2-3-8-16/h4-6,11H,2-3,7-10H2,1H3,(H,15,17). The average Bonchev–Trinajstić information content (AvgIpc) is 2.96. The van der Waals surface area contributed by atoms with Crippen LogP contribution in [0.3, 0.4) is 0 Å². The summed E-state index contributed by atoms with van der Waals surface area (Å²) in [6.07, 6.45) is 2.52. The largest absolute Gasteiger partial charge is 0.497 e. The molecule has 1 aromatic carbocycles. The smallest absolute Gasteiger partial charge is 0.274 e. The second-order valence-electron chi connectivity index (χ2n) is 4.56. The van der Waals surface area contributed by atoms with Gasteiger partial charge in [-0.1, -0.05) is 6.07 Å². The lowest BCUT2D eigenvalue weighted by Gasteiger charge is -2.14. The molecule has 0 aromatic heterocycles. The number of likely N-dealkylation sites (tertiary alicyclic amines) is 1. The number of nitrogens with zero attached hydrogens (tertiary/aromatic N) is 1. The summed E-state index contributed by atoms with van der Waals surface area (Å²) in [5.74, 6) is 0.407. The molecule has 0 spiro atoms. The summed E-state index contributed by atoms with van der Waals surface area (Å²) in [7, 11) is 1.57. The Morgan fingerprint density at radius 1 is 1.37 bits per heavy atom. The maximum atomic E-state index is 11.8. The first-order valence-corrected chi connectivity index (χ1v) is 6.58. The number of amides is 1. The van der Waals surface area contributed by atoms with Crippen LogP contribution in [0, 0.1) is 0 Å². The molecule has 0 unspecified atom stereocenters. The molecule has 1 fully saturated rings. The van der Waals surface area contributed by atoms with E-state index < -0.39 is 0 Å². The fraction of sp³-hybridized carbons (Fsp3) is 0.500. The maximum Gasteiger partial charge on any atom is 0.274 e. The Labute approximate surface area is 113 Å². The van der Waals surface area contributed by atoms with Crippen LogP contribution in [0.2, 0.25) is 0 Å². The number of rotatable bonds is 6. The monoisotopic (exact) mass is 264 g/mol. The van der Waals surface area contributed by atoms with E-state index in [9.17, 15) is 4.79 Å². The number of carbonyl (C=O) groups is 1. The van der Waals surface area contributed by atoms with Gasteiger partial charge in [-0.25, -0.2) is 5.48 Å². The van der Waals surface area contributed by atoms with E-state index in [-0.39, 0.29) is 5.91 Å². The zero-order chi connectivity index (χ0) is 13.5. The topological polar surface area (TPSA) is 50.8 Å². The van der Waals surface area contributed by atoms with Crippen molar-refractivity contribution in [3.05, 3.63) is 29.8 Å². The lowest BCUT2D eigenvalue weighted by atomic mass is 10.2. The Morgan fingerprint density at radius 2 is 2.16 bits per heavy atom. The second kappa shape index (κ2) is 7.11. The highest BCUT2D eigenvalue weighted by molar-refractivity contribution is 5.93. The van der Waals surface area contributed by atoms with E-state index >= 15 is 0 Å². The Kier molecular flexibility index (Phi) is 5.18. The van der Waals surface area contributed by atoms with Crippen LogP contribution >= 0.6 is 0 Å². The Morgan fingerprint density at radius 3 is 2.89 bits per heavy atom. The molecular weight excluding hydrogens is 244 g/mol. The molecule has 1 aromatic rings. The Balaban J connectivity index is 1.71. The summed E-state index contributed by atoms with van der Waals surface area (Å²) in [4.78, 5) is 19.3. The summed E-state index contributed by atoms with van der Waals surface area (Å²) >= 11 is 0. The van der Waals surface area contributed by atoms with E-state index in [0.29, 0.717) is 17.9 Å². The lowest BCUT2D eigenvalue weighted by Crippen LogP contribution is -2.30. The first-order chi connectivity index (χ1) is 9.29. The molecule has 0 saturated carbocycles. The average molecular weight is 264 g/mol. The highest BCUT2D eigenvalue weighted by atomic mass is 16.7. The van der Waals surface area contributed by atoms with Crippen LogP contribution in [0.15, 0.2) is 24.3 Å². The number of nitrogens with one attached hydrogen (secondary N) is 1. The normalized spacial score (nSPS) is 15.4. The quantitative estimate of drug-likeness (QED) is 0.624. The molecule has 5 nitrogen and oxygen atoms in total. The minimum absolute atomic E-state index is 0.250. The summed E-state index contributed by atoms with van der Waals surface area (Å²) < 4.78 is 5.07. The van der Waals surface area contributed by atoms with Crippen LogP contribution in [0.1, 0.15) is 23.2 Å². The van der Waals surface area contributed by atoms with Crippen molar-refractivity contribution in [2.45, 2.75) is 12.8 Å². The zero-order valence-corrected chi connectivity index (χ0v) is 11.2. The number of benzene rings is 1. The van der Waals surface area contributed by atoms with Gasteiger partial charge in [-0.3, -0.25) is 9.63 Å². The molecule has 1 aliphatic rings. The predicted molar refractivity (Wildman–Crippen MR) is 72.1 cm³/mol. The maximum absolute atomic E-state index is 11.8. The van der Waals surface area contributed by atoms with E-state index in [1.54, 1.807) is 31.4 Å². The van der Waals surface area contributed by atoms with Crippen LogP contribution in [0.25, 0.3) is 0 Å². The van der Waals surface area contributed by atoms with Crippen LogP contribution in [0.5, 0.6) is 5.75 Å². The van der Waals surface area contributed by atoms with Gasteiger partial charge in [0.05, 0.1) is 13.7 Å². The van der Waals surface area contributed by atoms with Crippen molar-refractivity contribution in [2.24, 2.45) is 0 Å². The van der Waals surface area contributed by atoms with Crippen LogP contribution < -0.4 is 10.2 Å². The second-order valence-corrected chi connectivity index (χ2v) is 4.56. The first-order valence-electron chi connectivity index (χ1n) is 6.58. The SMILES string of the molecule is COc1cccc(C(=O)NOCCN2CCCC2)c1. The van der Waals surface area contributed by atoms with Crippen molar-refractivity contribution in [3.8, 4) is 5.75 Å². The molecule has 19 heavy (non-hydrogen) atoms. The molecule has 1 N–H and O–H groups in total. The number of ether oxygens (including phenoxy) is 1. The summed E-state index contributed by atoms with van der Waals surface area (Å²) in [5, 5.41) is 0. The van der Waals surface area contributed by atoms with E-state index in [0.717, 1.165) is 19.6 Å². The summed E-state index contributed by atoms with van der Waals surface area (Å²) in [6.45, 7) is 3.63. The highest BCUT2D eigenvalue weighted by Crippen LogP contribution is 2.12. The fourth-order valence-corrected chi connectivity index (χ4v) is 2.12. The number of methoxy groups -OCH3 is 1. The number of carbonyl (C=O) groups excluding carboxylic acids is 1. The Bertz CT molecular complexity index is 417. The molecule has 1 saturated heterocycles. The summed E-state index contributed by atoms with van der Waals surface area (Å²) in [6, 6.07) is 6.98. The van der Waals surface area contributed by atoms with Crippen LogP contribution in [0.4, 0.5) is 0 Å². The van der Waals surface area contributed by atoms with Gasteiger partial charge in [0, 0.05) is 12.1 Å². The van der Waals surface area contributed by atoms with E-state index in [1.807, 2.05) is 0 Å². The van der Waals surface area contributed by atoms with Gasteiger partial charge in [0.25, 0.3) is 5.91 Å². The highest BCUT2D eigenvalue weighted by Gasteiger charge is 2.11. The number of hydrogen-bond acceptors (Lipinski definition) is 4. The van der Waals surface area contributed by atoms with Crippen LogP contribution in [-0.4, -0.2) is 44.2 Å². The molecular formula is C14H20N2O3. The minimum atomic E-state index is -0.250. The van der Waals surface area contributed by atoms with Crippen LogP contribution in [-0.2, 0) is 4.84 Å². The van der Waals surface area contributed by atoms with Crippen molar-refractivity contribution < 1.29 is 14.4 Å². The third kappa shape index (κ3) is 4.22. The molecule has 1 amide bonds. The van der Waals surface area contributed by atoms with Crippen molar-refractivity contribution >= 4 is 5.91 Å². The third-order valence-electron chi connectivity index (χ3n) is 3.21. The number of hydroxylamine groups is 1. The molecule has 1 heterocycles. The molecule has 5 heteroatoms. The predicted octanol–water partition coefficient (Wildman–Crippen LogP) is 1.45. The molecule has 0 bridgehead atoms. The Hall–Kier alpha value is -1.59. The third-order valence-corrected chi connectivity index (χ3v) is 3.21. The first kappa shape index (κ1) is 13.8. The van der Waals surface area contributed by atoms with Crippen molar-refractivity contribution in [3.63, 3.8) is 0 Å². The number of hydrogen-bond donors (Lipinski definition) is 1. The van der Waals surface area contributed by atoms with Crippen molar-refractivity contribution in [1.82, 2.24) is 10.4 Å². The molecule has 0 aliphatic carbocycles. The fourth-order valence-electron chi connectivity index (χ4n) is 2.12. The van der Waals surface area contributed by atoms with E-state index in [2.05, 4.69) is 10.4 Å². The summed E-state index contributed by atoms with van der Waals surface area (Å²) in [5.41, 5.74) is 2.98. The van der Waals surface area contributed by atoms with Crippen molar-refractivity contribution in [2.75, 3.05) is 33.4 Å². The van der Waals surface area contributed by atoms with Gasteiger partial charge in [-0.2, -0.15) is 0 Å². The van der Waals surface area contributed by atoms with Gasteiger partial charge in [0.15, 0.2) is 0 Å². The lowest BCUT2D eigenvalue weighted by molar-refractivity contribution is 0.0244. The zero-order valence-electron chi connectivity index (χ0n) is 11.2. The molecule has 104 valence electrons. The van der Waals surface area contributed by atoms with Gasteiger partial charge in [-0.15, -0.1) is 0 Å². The molecule has 0 radical (unpaired) electrons.